The van der Waals surface area contributed by atoms with Crippen molar-refractivity contribution < 1.29 is 23.3 Å². The highest BCUT2D eigenvalue weighted by Crippen LogP contribution is 2.35. The number of halogens is 1. The average molecular weight is 868 g/mol. The molecule has 6 heterocycles. The van der Waals surface area contributed by atoms with Gasteiger partial charge in [-0.05, 0) is 104 Å². The largest absolute Gasteiger partial charge is 0.372 e. The molecule has 3 aromatic heterocycles. The van der Waals surface area contributed by atoms with Gasteiger partial charge in [0, 0.05) is 97.9 Å². The van der Waals surface area contributed by atoms with Gasteiger partial charge in [-0.1, -0.05) is 38.1 Å². The summed E-state index contributed by atoms with van der Waals surface area (Å²) in [7, 11) is 0. The van der Waals surface area contributed by atoms with Crippen molar-refractivity contribution >= 4 is 45.9 Å². The first-order valence-corrected chi connectivity index (χ1v) is 22.1. The molecule has 64 heavy (non-hydrogen) atoms. The van der Waals surface area contributed by atoms with Crippen molar-refractivity contribution in [2.24, 2.45) is 5.92 Å². The zero-order chi connectivity index (χ0) is 44.7. The minimum atomic E-state index is -0.529. The number of aryl methyl sites for hydroxylation is 1. The molecule has 15 nitrogen and oxygen atoms in total. The normalized spacial score (nSPS) is 17.2. The van der Waals surface area contributed by atoms with Crippen LogP contribution in [0, 0.1) is 18.7 Å². The highest BCUT2D eigenvalue weighted by atomic mass is 19.1. The molecule has 16 heteroatoms. The van der Waals surface area contributed by atoms with Crippen molar-refractivity contribution in [3.63, 3.8) is 0 Å². The predicted octanol–water partition coefficient (Wildman–Crippen LogP) is 7.40. The lowest BCUT2D eigenvalue weighted by Gasteiger charge is -2.40. The number of anilines is 3. The van der Waals surface area contributed by atoms with E-state index in [2.05, 4.69) is 86.8 Å². The van der Waals surface area contributed by atoms with Crippen LogP contribution in [0.5, 0.6) is 0 Å². The van der Waals surface area contributed by atoms with Crippen LogP contribution in [-0.4, -0.2) is 100 Å². The Morgan fingerprint density at radius 2 is 1.56 bits per heavy atom. The van der Waals surface area contributed by atoms with E-state index in [1.165, 1.54) is 23.8 Å². The highest BCUT2D eigenvalue weighted by Gasteiger charge is 2.28. The summed E-state index contributed by atoms with van der Waals surface area (Å²) in [5, 5.41) is 9.90. The number of piperidine rings is 1. The van der Waals surface area contributed by atoms with Crippen LogP contribution in [0.3, 0.4) is 0 Å². The first-order chi connectivity index (χ1) is 30.8. The Kier molecular flexibility index (Phi) is 11.6. The molecule has 0 unspecified atom stereocenters. The molecule has 0 aliphatic carbocycles. The van der Waals surface area contributed by atoms with Crippen LogP contribution in [0.4, 0.5) is 26.2 Å². The summed E-state index contributed by atoms with van der Waals surface area (Å²) in [4.78, 5) is 62.5. The van der Waals surface area contributed by atoms with E-state index in [0.717, 1.165) is 81.2 Å². The molecule has 3 aliphatic heterocycles. The lowest BCUT2D eigenvalue weighted by molar-refractivity contribution is -0.120. The van der Waals surface area contributed by atoms with Gasteiger partial charge in [-0.3, -0.25) is 24.7 Å². The fourth-order valence-corrected chi connectivity index (χ4v) is 9.04. The van der Waals surface area contributed by atoms with E-state index in [4.69, 9.17) is 4.52 Å². The van der Waals surface area contributed by atoms with Gasteiger partial charge >= 0.3 is 17.8 Å². The second kappa shape index (κ2) is 17.5. The third-order valence-electron chi connectivity index (χ3n) is 12.8. The number of urea groups is 1. The maximum Gasteiger partial charge on any atom is 0.328 e. The predicted molar refractivity (Wildman–Crippen MR) is 244 cm³/mol. The number of amides is 4. The van der Waals surface area contributed by atoms with Crippen molar-refractivity contribution in [2.75, 3.05) is 67.1 Å². The Bertz CT molecular complexity index is 2670. The van der Waals surface area contributed by atoms with Gasteiger partial charge in [0.2, 0.25) is 5.91 Å². The number of aromatic nitrogens is 5. The number of nitrogens with one attached hydrogen (secondary N) is 3. The van der Waals surface area contributed by atoms with E-state index >= 15 is 4.39 Å². The number of imide groups is 1. The number of hydrogen-bond donors (Lipinski definition) is 3. The number of rotatable bonds is 10. The van der Waals surface area contributed by atoms with Crippen molar-refractivity contribution in [3.05, 3.63) is 102 Å². The SMILES string of the molecule is Cc1cc(-c2ncnc3[nH]c(-c4ccc(N5CCN(CC6CCN(c7ccc(N8CCC(=O)NC8=O)cc7)CC6)CC5)cc4)cc23)c(F)cc1[C@@H](C)NC(=O)c1nc(C(C)(C)C)no1. The molecule has 4 amide bonds. The number of carbonyl (C=O) groups excluding carboxylic acids is 3. The molecular weight excluding hydrogens is 814 g/mol. The standard InChI is InChI=1S/C48H54FN11O4/c1-29-24-37(39(49)25-36(29)30(2)52-44(62)45-55-46(56-64-45)48(3,4)5)42-38-26-40(53-43(38)51-28-50-42)32-6-8-33(9-7-32)59-22-20-57(21-23-59)27-31-14-17-58(18-15-31)34-10-12-35(13-11-34)60-19-16-41(61)54-47(60)63/h6-13,24-26,28,30-31H,14-23,27H2,1-5H3,(H,52,62)(H,50,51,53)(H,54,61,63)/t30-/m1/s1. The molecule has 3 aromatic carbocycles. The fourth-order valence-electron chi connectivity index (χ4n) is 9.04. The molecular formula is C48H54FN11O4. The van der Waals surface area contributed by atoms with Crippen molar-refractivity contribution in [3.8, 4) is 22.5 Å². The molecule has 3 N–H and O–H groups in total. The molecule has 1 atom stereocenters. The summed E-state index contributed by atoms with van der Waals surface area (Å²) in [5.41, 5.74) is 7.49. The van der Waals surface area contributed by atoms with E-state index in [1.54, 1.807) is 17.9 Å². The number of hydrogen-bond acceptors (Lipinski definition) is 11. The zero-order valence-corrected chi connectivity index (χ0v) is 36.9. The van der Waals surface area contributed by atoms with E-state index < -0.39 is 17.8 Å². The number of piperazine rings is 1. The van der Waals surface area contributed by atoms with Crippen LogP contribution in [0.25, 0.3) is 33.5 Å². The second-order valence-corrected chi connectivity index (χ2v) is 18.3. The van der Waals surface area contributed by atoms with Crippen molar-refractivity contribution in [1.29, 1.82) is 0 Å². The Morgan fingerprint density at radius 3 is 2.23 bits per heavy atom. The third kappa shape index (κ3) is 8.91. The van der Waals surface area contributed by atoms with Gasteiger partial charge in [0.1, 0.15) is 17.8 Å². The first-order valence-electron chi connectivity index (χ1n) is 22.1. The maximum absolute atomic E-state index is 16.0. The number of benzene rings is 3. The summed E-state index contributed by atoms with van der Waals surface area (Å²) in [5.74, 6) is -0.260. The van der Waals surface area contributed by atoms with E-state index in [-0.39, 0.29) is 23.2 Å². The summed E-state index contributed by atoms with van der Waals surface area (Å²) in [6.45, 7) is 17.0. The first kappa shape index (κ1) is 42.6. The minimum absolute atomic E-state index is 0.138. The number of aromatic amines is 1. The number of H-pyrrole nitrogens is 1. The maximum atomic E-state index is 16.0. The van der Waals surface area contributed by atoms with Gasteiger partial charge in [0.05, 0.1) is 11.7 Å². The highest BCUT2D eigenvalue weighted by molar-refractivity contribution is 6.05. The Balaban J connectivity index is 0.781. The summed E-state index contributed by atoms with van der Waals surface area (Å²) in [6, 6.07) is 21.0. The minimum Gasteiger partial charge on any atom is -0.372 e. The second-order valence-electron chi connectivity index (χ2n) is 18.3. The summed E-state index contributed by atoms with van der Waals surface area (Å²) >= 11 is 0. The van der Waals surface area contributed by atoms with Crippen LogP contribution in [0.1, 0.15) is 80.6 Å². The lowest BCUT2D eigenvalue weighted by atomic mass is 9.95. The number of carbonyl (C=O) groups is 3. The van der Waals surface area contributed by atoms with E-state index in [0.29, 0.717) is 52.6 Å². The van der Waals surface area contributed by atoms with Crippen molar-refractivity contribution in [1.82, 2.24) is 40.6 Å². The number of nitrogens with zero attached hydrogens (tertiary/aromatic N) is 8. The molecule has 6 aromatic rings. The van der Waals surface area contributed by atoms with E-state index in [9.17, 15) is 14.4 Å². The van der Waals surface area contributed by atoms with Crippen LogP contribution >= 0.6 is 0 Å². The fraction of sp³-hybridized carbons (Fsp3) is 0.396. The molecule has 3 aliphatic rings. The summed E-state index contributed by atoms with van der Waals surface area (Å²) in [6.07, 6.45) is 4.05. The smallest absolute Gasteiger partial charge is 0.328 e. The van der Waals surface area contributed by atoms with Gasteiger partial charge in [-0.25, -0.2) is 19.2 Å². The average Bonchev–Trinajstić information content (AvgIpc) is 3.98. The van der Waals surface area contributed by atoms with Gasteiger partial charge < -0.3 is 24.6 Å². The van der Waals surface area contributed by atoms with Gasteiger partial charge in [0.25, 0.3) is 0 Å². The lowest BCUT2D eigenvalue weighted by Crippen LogP contribution is -2.49. The molecule has 332 valence electrons. The molecule has 0 bridgehead atoms. The third-order valence-corrected chi connectivity index (χ3v) is 12.8. The quantitative estimate of drug-likeness (QED) is 0.126. The molecule has 3 saturated heterocycles. The Labute approximate surface area is 371 Å². The van der Waals surface area contributed by atoms with Crippen LogP contribution in [0.15, 0.2) is 77.6 Å². The van der Waals surface area contributed by atoms with Crippen LogP contribution < -0.4 is 25.3 Å². The molecule has 0 spiro atoms. The Hall–Kier alpha value is -6.68. The molecule has 3 fully saturated rings. The zero-order valence-electron chi connectivity index (χ0n) is 36.9. The number of fused-ring (bicyclic) bond motifs is 1. The van der Waals surface area contributed by atoms with Crippen LogP contribution in [0.2, 0.25) is 0 Å². The van der Waals surface area contributed by atoms with Gasteiger partial charge in [-0.2, -0.15) is 4.98 Å². The Morgan fingerprint density at radius 1 is 0.891 bits per heavy atom. The van der Waals surface area contributed by atoms with Crippen molar-refractivity contribution in [2.45, 2.75) is 65.3 Å². The molecule has 0 saturated carbocycles. The monoisotopic (exact) mass is 867 g/mol. The molecule has 9 rings (SSSR count). The van der Waals surface area contributed by atoms with Gasteiger partial charge in [-0.15, -0.1) is 0 Å². The molecule has 0 radical (unpaired) electrons. The summed E-state index contributed by atoms with van der Waals surface area (Å²) < 4.78 is 21.2. The van der Waals surface area contributed by atoms with Gasteiger partial charge in [0.15, 0.2) is 5.82 Å². The van der Waals surface area contributed by atoms with E-state index in [1.807, 2.05) is 45.9 Å². The topological polar surface area (TPSA) is 169 Å². The van der Waals surface area contributed by atoms with Crippen LogP contribution in [-0.2, 0) is 10.2 Å².